The van der Waals surface area contributed by atoms with Crippen molar-refractivity contribution in [2.75, 3.05) is 12.4 Å². The smallest absolute Gasteiger partial charge is 0.209 e. The van der Waals surface area contributed by atoms with Crippen molar-refractivity contribution in [2.45, 2.75) is 27.2 Å². The molecule has 0 radical (unpaired) electrons. The normalized spacial score (nSPS) is 13.3. The molecule has 0 spiro atoms. The lowest BCUT2D eigenvalue weighted by Crippen LogP contribution is -2.26. The van der Waals surface area contributed by atoms with Crippen LogP contribution in [-0.2, 0) is 10.0 Å². The number of rotatable bonds is 6. The summed E-state index contributed by atoms with van der Waals surface area (Å²) in [6.45, 7) is 6.31. The molecule has 0 amide bonds. The van der Waals surface area contributed by atoms with E-state index in [-0.39, 0.29) is 11.7 Å². The molecule has 1 atom stereocenters. The zero-order valence-corrected chi connectivity index (χ0v) is 12.0. The Morgan fingerprint density at radius 2 is 2.00 bits per heavy atom. The number of aryl methyl sites for hydroxylation is 1. The molecule has 4 nitrogen and oxygen atoms in total. The predicted molar refractivity (Wildman–Crippen MR) is 73.2 cm³/mol. The van der Waals surface area contributed by atoms with E-state index in [1.165, 1.54) is 0 Å². The minimum absolute atomic E-state index is 0.0334. The second-order valence-electron chi connectivity index (χ2n) is 4.61. The van der Waals surface area contributed by atoms with Gasteiger partial charge in [-0.1, -0.05) is 19.1 Å². The molecule has 0 bridgehead atoms. The number of sulfonamides is 1. The number of benzene rings is 1. The third-order valence-corrected chi connectivity index (χ3v) is 4.01. The number of ether oxygens (including phenoxy) is 1. The van der Waals surface area contributed by atoms with Crippen molar-refractivity contribution in [1.29, 1.82) is 0 Å². The van der Waals surface area contributed by atoms with Gasteiger partial charge < -0.3 is 4.74 Å². The summed E-state index contributed by atoms with van der Waals surface area (Å²) in [6.07, 6.45) is 0.724. The van der Waals surface area contributed by atoms with Gasteiger partial charge in [-0.25, -0.2) is 13.6 Å². The number of hydrogen-bond donors (Lipinski definition) is 1. The average molecular weight is 271 g/mol. The Morgan fingerprint density at radius 1 is 1.33 bits per heavy atom. The number of hydrogen-bond acceptors (Lipinski definition) is 3. The molecule has 1 unspecified atom stereocenters. The first-order valence-corrected chi connectivity index (χ1v) is 7.74. The molecule has 1 aromatic carbocycles. The van der Waals surface area contributed by atoms with Crippen LogP contribution in [0.3, 0.4) is 0 Å². The molecule has 0 heterocycles. The summed E-state index contributed by atoms with van der Waals surface area (Å²) in [5, 5.41) is 5.05. The molecule has 5 heteroatoms. The Balaban J connectivity index is 2.66. The predicted octanol–water partition coefficient (Wildman–Crippen LogP) is 2.00. The summed E-state index contributed by atoms with van der Waals surface area (Å²) in [5.74, 6) is 0.705. The Morgan fingerprint density at radius 3 is 2.56 bits per heavy atom. The number of primary sulfonamides is 1. The lowest BCUT2D eigenvalue weighted by Gasteiger charge is -2.16. The largest absolute Gasteiger partial charge is 0.493 e. The topological polar surface area (TPSA) is 69.4 Å². The highest BCUT2D eigenvalue weighted by atomic mass is 32.2. The zero-order valence-electron chi connectivity index (χ0n) is 11.1. The lowest BCUT2D eigenvalue weighted by atomic mass is 10.1. The Labute approximate surface area is 109 Å². The molecule has 1 aromatic rings. The maximum absolute atomic E-state index is 11.1. The minimum Gasteiger partial charge on any atom is -0.493 e. The van der Waals surface area contributed by atoms with Gasteiger partial charge in [-0.15, -0.1) is 0 Å². The van der Waals surface area contributed by atoms with E-state index in [1.54, 1.807) is 0 Å². The quantitative estimate of drug-likeness (QED) is 0.860. The molecule has 0 aliphatic heterocycles. The molecule has 0 saturated heterocycles. The molecule has 0 aromatic heterocycles. The first kappa shape index (κ1) is 15.0. The highest BCUT2D eigenvalue weighted by Gasteiger charge is 2.15. The van der Waals surface area contributed by atoms with Gasteiger partial charge in [-0.05, 0) is 37.5 Å². The van der Waals surface area contributed by atoms with Crippen LogP contribution in [0.5, 0.6) is 5.75 Å². The Kier molecular flexibility index (Phi) is 5.16. The third kappa shape index (κ3) is 4.66. The second-order valence-corrected chi connectivity index (χ2v) is 6.27. The Bertz CT molecular complexity index is 497. The number of nitrogens with two attached hydrogens (primary N) is 1. The molecule has 0 aliphatic carbocycles. The molecule has 1 rings (SSSR count). The van der Waals surface area contributed by atoms with E-state index >= 15 is 0 Å². The van der Waals surface area contributed by atoms with Crippen LogP contribution in [0.15, 0.2) is 18.2 Å². The first-order chi connectivity index (χ1) is 8.33. The van der Waals surface area contributed by atoms with Crippen molar-refractivity contribution in [1.82, 2.24) is 0 Å². The minimum atomic E-state index is -3.44. The van der Waals surface area contributed by atoms with Crippen molar-refractivity contribution in [3.8, 4) is 5.75 Å². The fraction of sp³-hybridized carbons (Fsp3) is 0.538. The zero-order chi connectivity index (χ0) is 13.8. The van der Waals surface area contributed by atoms with Gasteiger partial charge in [-0.2, -0.15) is 0 Å². The molecular formula is C13H21NO3S. The molecule has 102 valence electrons. The third-order valence-electron chi connectivity index (χ3n) is 3.07. The fourth-order valence-electron chi connectivity index (χ4n) is 1.70. The van der Waals surface area contributed by atoms with Gasteiger partial charge in [-0.3, -0.25) is 0 Å². The van der Waals surface area contributed by atoms with E-state index in [9.17, 15) is 8.42 Å². The molecule has 2 N–H and O–H groups in total. The summed E-state index contributed by atoms with van der Waals surface area (Å²) >= 11 is 0. The van der Waals surface area contributed by atoms with Crippen LogP contribution in [0, 0.1) is 19.8 Å². The van der Waals surface area contributed by atoms with Crippen molar-refractivity contribution >= 4 is 10.0 Å². The van der Waals surface area contributed by atoms with Crippen LogP contribution >= 0.6 is 0 Å². The van der Waals surface area contributed by atoms with E-state index in [4.69, 9.17) is 9.88 Å². The summed E-state index contributed by atoms with van der Waals surface area (Å²) < 4.78 is 27.8. The molecule has 0 aliphatic rings. The van der Waals surface area contributed by atoms with Crippen LogP contribution in [0.25, 0.3) is 0 Å². The van der Waals surface area contributed by atoms with Gasteiger partial charge in [0.1, 0.15) is 5.75 Å². The molecule has 18 heavy (non-hydrogen) atoms. The van der Waals surface area contributed by atoms with E-state index < -0.39 is 10.0 Å². The van der Waals surface area contributed by atoms with Gasteiger partial charge in [0.25, 0.3) is 0 Å². The van der Waals surface area contributed by atoms with Crippen LogP contribution < -0.4 is 9.88 Å². The maximum atomic E-state index is 11.1. The van der Waals surface area contributed by atoms with Crippen molar-refractivity contribution in [3.05, 3.63) is 29.3 Å². The van der Waals surface area contributed by atoms with Crippen molar-refractivity contribution in [3.63, 3.8) is 0 Å². The van der Waals surface area contributed by atoms with E-state index in [0.29, 0.717) is 6.61 Å². The molecular weight excluding hydrogens is 250 g/mol. The van der Waals surface area contributed by atoms with Crippen molar-refractivity contribution in [2.24, 2.45) is 11.1 Å². The first-order valence-electron chi connectivity index (χ1n) is 6.03. The lowest BCUT2D eigenvalue weighted by molar-refractivity contribution is 0.256. The summed E-state index contributed by atoms with van der Waals surface area (Å²) in [6, 6.07) is 5.84. The SMILES string of the molecule is CCC(COc1cccc(C)c1C)CS(N)(=O)=O. The van der Waals surface area contributed by atoms with Gasteiger partial charge in [0.2, 0.25) is 10.0 Å². The highest BCUT2D eigenvalue weighted by Crippen LogP contribution is 2.21. The van der Waals surface area contributed by atoms with Gasteiger partial charge in [0.15, 0.2) is 0 Å². The van der Waals surface area contributed by atoms with Crippen LogP contribution in [0.4, 0.5) is 0 Å². The maximum Gasteiger partial charge on any atom is 0.209 e. The highest BCUT2D eigenvalue weighted by molar-refractivity contribution is 7.89. The standard InChI is InChI=1S/C13H21NO3S/c1-4-12(9-18(14,15)16)8-17-13-7-5-6-10(2)11(13)3/h5-7,12H,4,8-9H2,1-3H3,(H2,14,15,16). The second kappa shape index (κ2) is 6.20. The summed E-state index contributed by atoms with van der Waals surface area (Å²) in [5.41, 5.74) is 2.25. The summed E-state index contributed by atoms with van der Waals surface area (Å²) in [7, 11) is -3.44. The van der Waals surface area contributed by atoms with Crippen LogP contribution in [0.1, 0.15) is 24.5 Å². The van der Waals surface area contributed by atoms with Gasteiger partial charge in [0.05, 0.1) is 12.4 Å². The Hall–Kier alpha value is -1.07. The van der Waals surface area contributed by atoms with Crippen molar-refractivity contribution < 1.29 is 13.2 Å². The van der Waals surface area contributed by atoms with E-state index in [1.807, 2.05) is 39.0 Å². The van der Waals surface area contributed by atoms with Gasteiger partial charge >= 0.3 is 0 Å². The van der Waals surface area contributed by atoms with E-state index in [0.717, 1.165) is 23.3 Å². The summed E-state index contributed by atoms with van der Waals surface area (Å²) in [4.78, 5) is 0. The molecule has 0 fully saturated rings. The van der Waals surface area contributed by atoms with Gasteiger partial charge in [0, 0.05) is 5.92 Å². The van der Waals surface area contributed by atoms with Crippen LogP contribution in [-0.4, -0.2) is 20.8 Å². The van der Waals surface area contributed by atoms with E-state index in [2.05, 4.69) is 0 Å². The monoisotopic (exact) mass is 271 g/mol. The molecule has 0 saturated carbocycles. The average Bonchev–Trinajstić information content (AvgIpc) is 2.27. The fourth-order valence-corrected chi connectivity index (χ4v) is 2.69. The van der Waals surface area contributed by atoms with Crippen LogP contribution in [0.2, 0.25) is 0 Å².